The first-order valence-corrected chi connectivity index (χ1v) is 6.68. The van der Waals surface area contributed by atoms with Crippen LogP contribution in [0.5, 0.6) is 0 Å². The van der Waals surface area contributed by atoms with Gasteiger partial charge in [0.25, 0.3) is 5.91 Å². The number of nitrogens with zero attached hydrogens (tertiary/aromatic N) is 3. The molecule has 112 valence electrons. The molecule has 0 spiro atoms. The summed E-state index contributed by atoms with van der Waals surface area (Å²) in [6.07, 6.45) is 3.43. The summed E-state index contributed by atoms with van der Waals surface area (Å²) < 4.78 is 6.61. The van der Waals surface area contributed by atoms with Crippen molar-refractivity contribution in [3.8, 4) is 5.82 Å². The molecule has 2 heterocycles. The lowest BCUT2D eigenvalue weighted by Gasteiger charge is -2.09. The maximum absolute atomic E-state index is 11.6. The molecule has 0 aliphatic heterocycles. The zero-order chi connectivity index (χ0) is 15.1. The highest BCUT2D eigenvalue weighted by Crippen LogP contribution is 2.11. The minimum Gasteiger partial charge on any atom is -0.383 e. The number of ether oxygens (including phenoxy) is 1. The van der Waals surface area contributed by atoms with Crippen LogP contribution in [0.1, 0.15) is 16.1 Å². The van der Waals surface area contributed by atoms with Gasteiger partial charge in [0.2, 0.25) is 0 Å². The topological polar surface area (TPSA) is 81.1 Å². The Morgan fingerprint density at radius 2 is 2.29 bits per heavy atom. The van der Waals surface area contributed by atoms with Crippen molar-refractivity contribution >= 4 is 5.91 Å². The van der Waals surface area contributed by atoms with Crippen molar-refractivity contribution in [1.82, 2.24) is 25.4 Å². The third-order valence-corrected chi connectivity index (χ3v) is 2.93. The zero-order valence-corrected chi connectivity index (χ0v) is 12.2. The van der Waals surface area contributed by atoms with E-state index >= 15 is 0 Å². The first kappa shape index (κ1) is 15.1. The molecule has 0 aliphatic carbocycles. The van der Waals surface area contributed by atoms with Crippen LogP contribution in [-0.2, 0) is 11.3 Å². The van der Waals surface area contributed by atoms with Gasteiger partial charge in [0.05, 0.1) is 6.61 Å². The highest BCUT2D eigenvalue weighted by atomic mass is 16.5. The Hall–Kier alpha value is -2.25. The number of rotatable bonds is 7. The smallest absolute Gasteiger partial charge is 0.271 e. The number of nitrogens with one attached hydrogen (secondary N) is 2. The van der Waals surface area contributed by atoms with Crippen molar-refractivity contribution in [2.45, 2.75) is 6.54 Å². The lowest BCUT2D eigenvalue weighted by Crippen LogP contribution is -2.20. The van der Waals surface area contributed by atoms with Crippen LogP contribution in [0.25, 0.3) is 5.82 Å². The highest BCUT2D eigenvalue weighted by molar-refractivity contribution is 5.91. The zero-order valence-electron chi connectivity index (χ0n) is 12.2. The van der Waals surface area contributed by atoms with E-state index in [-0.39, 0.29) is 5.91 Å². The quantitative estimate of drug-likeness (QED) is 0.719. The molecule has 7 heteroatoms. The van der Waals surface area contributed by atoms with Gasteiger partial charge in [-0.05, 0) is 12.1 Å². The van der Waals surface area contributed by atoms with Crippen LogP contribution in [0.2, 0.25) is 0 Å². The number of hydrogen-bond acceptors (Lipinski definition) is 5. The number of methoxy groups -OCH3 is 1. The van der Waals surface area contributed by atoms with Crippen LogP contribution in [0.15, 0.2) is 30.6 Å². The molecule has 0 atom stereocenters. The lowest BCUT2D eigenvalue weighted by molar-refractivity contribution is 0.0957. The fourth-order valence-corrected chi connectivity index (χ4v) is 1.86. The first-order valence-electron chi connectivity index (χ1n) is 6.68. The van der Waals surface area contributed by atoms with Gasteiger partial charge in [-0.2, -0.15) is 5.10 Å². The van der Waals surface area contributed by atoms with Crippen molar-refractivity contribution in [2.75, 3.05) is 27.3 Å². The summed E-state index contributed by atoms with van der Waals surface area (Å²) in [5.74, 6) is 0.488. The maximum Gasteiger partial charge on any atom is 0.271 e. The normalized spacial score (nSPS) is 10.6. The molecule has 0 fully saturated rings. The molecule has 1 amide bonds. The number of pyridine rings is 1. The molecule has 2 rings (SSSR count). The van der Waals surface area contributed by atoms with Crippen LogP contribution >= 0.6 is 0 Å². The van der Waals surface area contributed by atoms with Crippen LogP contribution in [0, 0.1) is 0 Å². The second-order valence-electron chi connectivity index (χ2n) is 4.38. The van der Waals surface area contributed by atoms with Crippen molar-refractivity contribution in [3.05, 3.63) is 41.9 Å². The summed E-state index contributed by atoms with van der Waals surface area (Å²) in [4.78, 5) is 15.9. The molecule has 0 bridgehead atoms. The molecule has 2 aromatic heterocycles. The largest absolute Gasteiger partial charge is 0.383 e. The predicted octanol–water partition coefficient (Wildman–Crippen LogP) is 0.363. The van der Waals surface area contributed by atoms with E-state index in [4.69, 9.17) is 4.74 Å². The Bertz CT molecular complexity index is 597. The van der Waals surface area contributed by atoms with Crippen molar-refractivity contribution < 1.29 is 9.53 Å². The van der Waals surface area contributed by atoms with E-state index in [1.165, 1.54) is 0 Å². The minimum absolute atomic E-state index is 0.218. The Morgan fingerprint density at radius 1 is 1.43 bits per heavy atom. The minimum atomic E-state index is -0.218. The Kier molecular flexibility index (Phi) is 5.42. The van der Waals surface area contributed by atoms with Crippen molar-refractivity contribution in [2.24, 2.45) is 0 Å². The van der Waals surface area contributed by atoms with Crippen molar-refractivity contribution in [3.63, 3.8) is 0 Å². The van der Waals surface area contributed by atoms with E-state index in [1.807, 2.05) is 12.1 Å². The van der Waals surface area contributed by atoms with E-state index in [2.05, 4.69) is 20.7 Å². The van der Waals surface area contributed by atoms with Gasteiger partial charge in [-0.3, -0.25) is 4.79 Å². The van der Waals surface area contributed by atoms with Gasteiger partial charge in [-0.25, -0.2) is 9.67 Å². The molecule has 2 aromatic rings. The van der Waals surface area contributed by atoms with Crippen LogP contribution < -0.4 is 10.6 Å². The van der Waals surface area contributed by atoms with Crippen LogP contribution in [0.4, 0.5) is 0 Å². The fourth-order valence-electron chi connectivity index (χ4n) is 1.86. The molecular formula is C14H19N5O2. The van der Waals surface area contributed by atoms with Crippen LogP contribution in [0.3, 0.4) is 0 Å². The van der Waals surface area contributed by atoms with Gasteiger partial charge in [-0.1, -0.05) is 6.07 Å². The van der Waals surface area contributed by atoms with E-state index < -0.39 is 0 Å². The molecule has 7 nitrogen and oxygen atoms in total. The van der Waals surface area contributed by atoms with Gasteiger partial charge in [0, 0.05) is 45.2 Å². The Balaban J connectivity index is 2.15. The van der Waals surface area contributed by atoms with Crippen molar-refractivity contribution in [1.29, 1.82) is 0 Å². The van der Waals surface area contributed by atoms with Gasteiger partial charge in [0.15, 0.2) is 11.5 Å². The summed E-state index contributed by atoms with van der Waals surface area (Å²) in [6.45, 7) is 2.06. The fraction of sp³-hybridized carbons (Fsp3) is 0.357. The summed E-state index contributed by atoms with van der Waals surface area (Å²) >= 11 is 0. The molecule has 0 unspecified atom stereocenters. The number of carbonyl (C=O) groups excluding carboxylic acids is 1. The first-order chi connectivity index (χ1) is 10.3. The molecular weight excluding hydrogens is 270 g/mol. The summed E-state index contributed by atoms with van der Waals surface area (Å²) in [5, 5.41) is 10.1. The van der Waals surface area contributed by atoms with Gasteiger partial charge in [-0.15, -0.1) is 0 Å². The number of amides is 1. The summed E-state index contributed by atoms with van der Waals surface area (Å²) in [7, 11) is 3.24. The summed E-state index contributed by atoms with van der Waals surface area (Å²) in [5.41, 5.74) is 1.36. The second-order valence-corrected chi connectivity index (χ2v) is 4.38. The number of carbonyl (C=O) groups is 1. The Labute approximate surface area is 123 Å². The number of aromatic nitrogens is 3. The van der Waals surface area contributed by atoms with Gasteiger partial charge < -0.3 is 15.4 Å². The highest BCUT2D eigenvalue weighted by Gasteiger charge is 2.11. The average molecular weight is 289 g/mol. The Morgan fingerprint density at radius 3 is 3.05 bits per heavy atom. The molecule has 0 aromatic carbocycles. The molecule has 0 aliphatic rings. The molecule has 21 heavy (non-hydrogen) atoms. The van der Waals surface area contributed by atoms with Crippen LogP contribution in [-0.4, -0.2) is 48.0 Å². The summed E-state index contributed by atoms with van der Waals surface area (Å²) in [6, 6.07) is 5.51. The third-order valence-electron chi connectivity index (χ3n) is 2.93. The second kappa shape index (κ2) is 7.51. The van der Waals surface area contributed by atoms with E-state index in [1.54, 1.807) is 37.3 Å². The van der Waals surface area contributed by atoms with E-state index in [0.717, 1.165) is 12.1 Å². The van der Waals surface area contributed by atoms with E-state index in [9.17, 15) is 4.79 Å². The number of hydrogen-bond donors (Lipinski definition) is 2. The predicted molar refractivity (Wildman–Crippen MR) is 78.3 cm³/mol. The lowest BCUT2D eigenvalue weighted by atomic mass is 10.2. The maximum atomic E-state index is 11.6. The molecule has 0 saturated carbocycles. The monoisotopic (exact) mass is 289 g/mol. The molecule has 2 N–H and O–H groups in total. The molecule has 0 saturated heterocycles. The standard InChI is InChI=1S/C14H19N5O2/c1-15-14(20)12-5-8-19(18-12)13-11(4-3-6-17-13)10-16-7-9-21-2/h3-6,8,16H,7,9-10H2,1-2H3,(H,15,20). The molecule has 0 radical (unpaired) electrons. The van der Waals surface area contributed by atoms with Gasteiger partial charge >= 0.3 is 0 Å². The average Bonchev–Trinajstić information content (AvgIpc) is 3.01. The van der Waals surface area contributed by atoms with E-state index in [0.29, 0.717) is 24.7 Å². The third kappa shape index (κ3) is 3.87. The SMILES string of the molecule is CNC(=O)c1ccn(-c2ncccc2CNCCOC)n1. The van der Waals surface area contributed by atoms with Gasteiger partial charge in [0.1, 0.15) is 0 Å².